The van der Waals surface area contributed by atoms with E-state index in [0.29, 0.717) is 53.1 Å². The number of nitrogen functional groups attached to an aromatic ring is 1. The molecule has 2 aromatic carbocycles. The number of aromatic nitrogens is 2. The van der Waals surface area contributed by atoms with Gasteiger partial charge in [-0.1, -0.05) is 0 Å². The van der Waals surface area contributed by atoms with E-state index >= 15 is 8.78 Å². The molecule has 0 saturated carbocycles. The Morgan fingerprint density at radius 3 is 2.67 bits per heavy atom. The third-order valence-electron chi connectivity index (χ3n) is 11.6. The number of piperazine rings is 1. The van der Waals surface area contributed by atoms with E-state index < -0.39 is 36.1 Å². The average Bonchev–Trinajstić information content (AvgIpc) is 3.92. The second-order valence-electron chi connectivity index (χ2n) is 14.6. The molecule has 15 heteroatoms. The number of nitrogens with two attached hydrogens (primary N) is 1. The number of fused-ring (bicyclic) bond motifs is 7. The smallest absolute Gasteiger partial charge is 0.319 e. The van der Waals surface area contributed by atoms with Crippen molar-refractivity contribution in [2.75, 3.05) is 56.6 Å². The fourth-order valence-electron chi connectivity index (χ4n) is 9.52. The summed E-state index contributed by atoms with van der Waals surface area (Å²) in [7, 11) is 0. The van der Waals surface area contributed by atoms with Gasteiger partial charge in [-0.05, 0) is 55.5 Å². The molecule has 3 N–H and O–H groups in total. The van der Waals surface area contributed by atoms with Crippen LogP contribution in [0.2, 0.25) is 0 Å². The fraction of sp³-hybridized carbons (Fsp3) is 0.528. The maximum absolute atomic E-state index is 17.5. The minimum Gasteiger partial charge on any atom is -0.461 e. The molecule has 0 spiro atoms. The summed E-state index contributed by atoms with van der Waals surface area (Å²) in [5, 5.41) is 21.0. The number of alkyl halides is 2. The minimum atomic E-state index is -1.08. The van der Waals surface area contributed by atoms with Crippen molar-refractivity contribution in [1.29, 1.82) is 5.26 Å². The lowest BCUT2D eigenvalue weighted by molar-refractivity contribution is 0.0794. The van der Waals surface area contributed by atoms with Crippen LogP contribution in [-0.4, -0.2) is 101 Å². The van der Waals surface area contributed by atoms with Gasteiger partial charge in [0.1, 0.15) is 47.7 Å². The maximum atomic E-state index is 17.5. The van der Waals surface area contributed by atoms with Crippen molar-refractivity contribution in [3.8, 4) is 23.2 Å². The largest absolute Gasteiger partial charge is 0.461 e. The number of aliphatic hydroxyl groups excluding tert-OH is 1. The van der Waals surface area contributed by atoms with Gasteiger partial charge in [0.25, 0.3) is 0 Å². The van der Waals surface area contributed by atoms with Gasteiger partial charge in [-0.2, -0.15) is 15.2 Å². The first kappa shape index (κ1) is 33.1. The number of aliphatic hydroxyl groups is 1. The van der Waals surface area contributed by atoms with Crippen LogP contribution in [0.25, 0.3) is 32.1 Å². The molecule has 9 rings (SSSR count). The number of anilines is 2. The van der Waals surface area contributed by atoms with E-state index in [1.807, 2.05) is 0 Å². The Morgan fingerprint density at radius 2 is 1.90 bits per heavy atom. The average molecular weight is 724 g/mol. The Kier molecular flexibility index (Phi) is 8.04. The summed E-state index contributed by atoms with van der Waals surface area (Å²) in [6.45, 7) is 1.85. The highest BCUT2D eigenvalue weighted by molar-refractivity contribution is 7.23. The van der Waals surface area contributed by atoms with Crippen LogP contribution < -0.4 is 15.4 Å². The zero-order chi connectivity index (χ0) is 35.2. The zero-order valence-electron chi connectivity index (χ0n) is 27.8. The summed E-state index contributed by atoms with van der Waals surface area (Å²) in [6, 6.07) is 4.69. The molecule has 5 atom stereocenters. The monoisotopic (exact) mass is 723 g/mol. The quantitative estimate of drug-likeness (QED) is 0.234. The summed E-state index contributed by atoms with van der Waals surface area (Å²) < 4.78 is 74.3. The molecule has 0 radical (unpaired) electrons. The van der Waals surface area contributed by atoms with Crippen molar-refractivity contribution in [3.05, 3.63) is 40.5 Å². The van der Waals surface area contributed by atoms with Gasteiger partial charge in [-0.15, -0.1) is 11.3 Å². The molecule has 0 amide bonds. The van der Waals surface area contributed by atoms with E-state index in [0.717, 1.165) is 43.6 Å². The van der Waals surface area contributed by atoms with Gasteiger partial charge < -0.3 is 25.2 Å². The van der Waals surface area contributed by atoms with Gasteiger partial charge in [-0.25, -0.2) is 17.6 Å². The molecule has 4 aromatic rings. The van der Waals surface area contributed by atoms with E-state index in [2.05, 4.69) is 25.8 Å². The van der Waals surface area contributed by atoms with Crippen molar-refractivity contribution in [2.45, 2.75) is 75.2 Å². The summed E-state index contributed by atoms with van der Waals surface area (Å²) in [5.41, 5.74) is 6.69. The van der Waals surface area contributed by atoms with Crippen LogP contribution >= 0.6 is 11.3 Å². The molecular weight excluding hydrogens is 687 g/mol. The third kappa shape index (κ3) is 5.16. The Bertz CT molecular complexity index is 2100. The number of nitrogens with zero attached hydrogens (tertiary/aromatic N) is 6. The van der Waals surface area contributed by atoms with Crippen molar-refractivity contribution in [1.82, 2.24) is 19.8 Å². The molecule has 2 bridgehead atoms. The lowest BCUT2D eigenvalue weighted by atomic mass is 9.90. The number of hydrogen-bond acceptors (Lipinski definition) is 11. The highest BCUT2D eigenvalue weighted by Gasteiger charge is 2.50. The summed E-state index contributed by atoms with van der Waals surface area (Å²) in [4.78, 5) is 16.0. The molecule has 51 heavy (non-hydrogen) atoms. The van der Waals surface area contributed by atoms with Crippen molar-refractivity contribution in [2.24, 2.45) is 0 Å². The van der Waals surface area contributed by atoms with Crippen LogP contribution in [-0.2, 0) is 18.0 Å². The topological polar surface area (TPSA) is 124 Å². The van der Waals surface area contributed by atoms with Gasteiger partial charge in [0, 0.05) is 65.9 Å². The molecule has 10 nitrogen and oxygen atoms in total. The van der Waals surface area contributed by atoms with Crippen LogP contribution in [0.3, 0.4) is 0 Å². The van der Waals surface area contributed by atoms with E-state index in [9.17, 15) is 19.1 Å². The maximum Gasteiger partial charge on any atom is 0.319 e. The molecule has 0 aliphatic carbocycles. The SMILES string of the molecule is N#Cc1c(N)sc2ccc(F)c(-c3c4c(c5c(N6C7CCC6CN(C[C@@H](O)CF)C7)nc(OC[C@@]67CCCN6C[C@H](F)C7)nc5c3F)COC4)c12. The predicted molar refractivity (Wildman–Crippen MR) is 184 cm³/mol. The van der Waals surface area contributed by atoms with Crippen LogP contribution in [0.15, 0.2) is 12.1 Å². The molecule has 2 unspecified atom stereocenters. The first-order valence-corrected chi connectivity index (χ1v) is 18.3. The Labute approximate surface area is 295 Å². The van der Waals surface area contributed by atoms with Crippen LogP contribution in [0.4, 0.5) is 28.4 Å². The van der Waals surface area contributed by atoms with Gasteiger partial charge in [0.15, 0.2) is 5.82 Å². The normalized spacial score (nSPS) is 26.7. The standard InChI is InChI=1S/C36H37F4N7O3S/c37-9-21(48)14-45-12-19-2-3-20(13-45)47(19)34-29-24-16-49-15-23(24)28(30-25(39)4-5-26-27(30)22(10-41)33(42)51-26)31(40)32(29)43-35(44-34)50-17-36-6-1-7-46(36)11-18(38)8-36/h4-5,18-21,48H,1-3,6-9,11-17,42H2/t18-,19?,20?,21+,36+/m1/s1. The van der Waals surface area contributed by atoms with Gasteiger partial charge >= 0.3 is 6.01 Å². The Morgan fingerprint density at radius 1 is 1.12 bits per heavy atom. The Hall–Kier alpha value is -3.81. The second kappa shape index (κ2) is 12.4. The van der Waals surface area contributed by atoms with Crippen molar-refractivity contribution >= 4 is 43.1 Å². The highest BCUT2D eigenvalue weighted by atomic mass is 32.1. The minimum absolute atomic E-state index is 0.0110. The van der Waals surface area contributed by atoms with Crippen LogP contribution in [0.5, 0.6) is 6.01 Å². The van der Waals surface area contributed by atoms with Crippen LogP contribution in [0.1, 0.15) is 48.8 Å². The van der Waals surface area contributed by atoms with E-state index in [1.54, 1.807) is 0 Å². The summed E-state index contributed by atoms with van der Waals surface area (Å²) >= 11 is 1.14. The van der Waals surface area contributed by atoms with Gasteiger partial charge in [0.2, 0.25) is 0 Å². The number of nitriles is 1. The second-order valence-corrected chi connectivity index (χ2v) is 15.7. The number of thiophene rings is 1. The number of likely N-dealkylation sites (tertiary alicyclic amines) is 1. The number of benzene rings is 2. The molecule has 268 valence electrons. The zero-order valence-corrected chi connectivity index (χ0v) is 28.6. The Balaban J connectivity index is 1.23. The third-order valence-corrected chi connectivity index (χ3v) is 12.6. The first-order chi connectivity index (χ1) is 24.7. The molecule has 4 fully saturated rings. The van der Waals surface area contributed by atoms with Crippen LogP contribution in [0, 0.1) is 23.0 Å². The molecule has 5 aliphatic rings. The predicted octanol–water partition coefficient (Wildman–Crippen LogP) is 5.21. The molecule has 7 heterocycles. The highest BCUT2D eigenvalue weighted by Crippen LogP contribution is 2.49. The molecule has 2 aromatic heterocycles. The van der Waals surface area contributed by atoms with Crippen molar-refractivity contribution < 1.29 is 32.1 Å². The lowest BCUT2D eigenvalue weighted by Gasteiger charge is -2.42. The molecule has 5 aliphatic heterocycles. The van der Waals surface area contributed by atoms with E-state index in [-0.39, 0.29) is 77.1 Å². The van der Waals surface area contributed by atoms with Crippen molar-refractivity contribution in [3.63, 3.8) is 0 Å². The number of hydrogen-bond donors (Lipinski definition) is 2. The summed E-state index contributed by atoms with van der Waals surface area (Å²) in [6.07, 6.45) is 1.60. The van der Waals surface area contributed by atoms with Gasteiger partial charge in [-0.3, -0.25) is 9.80 Å². The fourth-order valence-corrected chi connectivity index (χ4v) is 10.5. The van der Waals surface area contributed by atoms with E-state index in [4.69, 9.17) is 20.2 Å². The molecular formula is C36H37F4N7O3S. The molecule has 4 saturated heterocycles. The van der Waals surface area contributed by atoms with E-state index in [1.165, 1.54) is 12.1 Å². The number of ether oxygens (including phenoxy) is 2. The summed E-state index contributed by atoms with van der Waals surface area (Å²) in [5.74, 6) is -1.01. The number of β-amino-alcohol motifs (C(OH)–C–C–N with tert-alkyl or cyclic N) is 1. The first-order valence-electron chi connectivity index (χ1n) is 17.5. The number of rotatable bonds is 8. The van der Waals surface area contributed by atoms with Gasteiger partial charge in [0.05, 0.1) is 35.8 Å². The lowest BCUT2D eigenvalue weighted by Crippen LogP contribution is -2.55. The number of halogens is 4.